The first kappa shape index (κ1) is 14.1. The quantitative estimate of drug-likeness (QED) is 0.760. The van der Waals surface area contributed by atoms with E-state index in [4.69, 9.17) is 0 Å². The molecule has 0 saturated carbocycles. The summed E-state index contributed by atoms with van der Waals surface area (Å²) in [7, 11) is 0. The van der Waals surface area contributed by atoms with Crippen molar-refractivity contribution >= 4 is 12.1 Å². The highest BCUT2D eigenvalue weighted by atomic mass is 16.1. The van der Waals surface area contributed by atoms with Crippen LogP contribution in [0.1, 0.15) is 31.4 Å². The van der Waals surface area contributed by atoms with Gasteiger partial charge < -0.3 is 9.80 Å². The number of likely N-dealkylation sites (N-methyl/N-ethyl adjacent to an activating group) is 1. The molecule has 2 rings (SSSR count). The van der Waals surface area contributed by atoms with E-state index in [9.17, 15) is 4.79 Å². The molecule has 0 aromatic heterocycles. The molecule has 104 valence electrons. The van der Waals surface area contributed by atoms with Crippen LogP contribution in [-0.4, -0.2) is 37.0 Å². The monoisotopic (exact) mass is 260 g/mol. The molecule has 0 fully saturated rings. The zero-order valence-corrected chi connectivity index (χ0v) is 12.2. The first-order valence-corrected chi connectivity index (χ1v) is 7.25. The van der Waals surface area contributed by atoms with Crippen molar-refractivity contribution in [3.05, 3.63) is 29.3 Å². The molecule has 0 saturated heterocycles. The standard InChI is InChI=1S/C16H24N2O/c1-4-17(5-2)11-15-8-7-14-10-13(3)6-9-16(14)18(15)12-19/h6,9-10,12,15H,4-5,7-8,11H2,1-3H3/t15-/m1/s1. The number of fused-ring (bicyclic) bond motifs is 1. The molecule has 0 radical (unpaired) electrons. The lowest BCUT2D eigenvalue weighted by Crippen LogP contribution is -2.46. The molecule has 0 unspecified atom stereocenters. The maximum absolute atomic E-state index is 11.5. The molecule has 0 aliphatic carbocycles. The van der Waals surface area contributed by atoms with E-state index in [-0.39, 0.29) is 0 Å². The number of hydrogen-bond donors (Lipinski definition) is 0. The minimum Gasteiger partial charge on any atom is -0.310 e. The lowest BCUT2D eigenvalue weighted by atomic mass is 9.94. The second kappa shape index (κ2) is 6.20. The van der Waals surface area contributed by atoms with Crippen molar-refractivity contribution < 1.29 is 4.79 Å². The van der Waals surface area contributed by atoms with Crippen LogP contribution < -0.4 is 4.90 Å². The lowest BCUT2D eigenvalue weighted by Gasteiger charge is -2.37. The van der Waals surface area contributed by atoms with Crippen molar-refractivity contribution in [1.82, 2.24) is 4.90 Å². The Kier molecular flexibility index (Phi) is 4.59. The SMILES string of the molecule is CCN(CC)C[C@H]1CCc2cc(C)ccc2N1C=O. The topological polar surface area (TPSA) is 23.6 Å². The summed E-state index contributed by atoms with van der Waals surface area (Å²) in [4.78, 5) is 15.8. The summed E-state index contributed by atoms with van der Waals surface area (Å²) in [5.41, 5.74) is 3.68. The Morgan fingerprint density at radius 3 is 2.74 bits per heavy atom. The Bertz CT molecular complexity index is 440. The van der Waals surface area contributed by atoms with E-state index in [0.29, 0.717) is 6.04 Å². The van der Waals surface area contributed by atoms with E-state index >= 15 is 0 Å². The lowest BCUT2D eigenvalue weighted by molar-refractivity contribution is -0.108. The van der Waals surface area contributed by atoms with Crippen LogP contribution in [0.2, 0.25) is 0 Å². The van der Waals surface area contributed by atoms with Gasteiger partial charge in [-0.25, -0.2) is 0 Å². The van der Waals surface area contributed by atoms with E-state index < -0.39 is 0 Å². The van der Waals surface area contributed by atoms with Gasteiger partial charge in [-0.15, -0.1) is 0 Å². The van der Waals surface area contributed by atoms with Gasteiger partial charge in [-0.1, -0.05) is 31.5 Å². The van der Waals surface area contributed by atoms with Crippen LogP contribution in [0, 0.1) is 6.92 Å². The molecule has 19 heavy (non-hydrogen) atoms. The first-order valence-electron chi connectivity index (χ1n) is 7.25. The number of carbonyl (C=O) groups is 1. The molecular formula is C16H24N2O. The molecule has 1 heterocycles. The third-order valence-electron chi connectivity index (χ3n) is 4.13. The normalized spacial score (nSPS) is 18.5. The summed E-state index contributed by atoms with van der Waals surface area (Å²) >= 11 is 0. The van der Waals surface area contributed by atoms with Gasteiger partial charge in [0.05, 0.1) is 0 Å². The van der Waals surface area contributed by atoms with E-state index in [0.717, 1.165) is 44.6 Å². The molecule has 3 nitrogen and oxygen atoms in total. The third kappa shape index (κ3) is 2.98. The maximum atomic E-state index is 11.5. The van der Waals surface area contributed by atoms with Gasteiger partial charge in [-0.05, 0) is 44.5 Å². The zero-order valence-electron chi connectivity index (χ0n) is 12.2. The highest BCUT2D eigenvalue weighted by Gasteiger charge is 2.26. The summed E-state index contributed by atoms with van der Waals surface area (Å²) < 4.78 is 0. The van der Waals surface area contributed by atoms with E-state index in [1.54, 1.807) is 0 Å². The highest BCUT2D eigenvalue weighted by molar-refractivity contribution is 5.79. The number of anilines is 1. The fraction of sp³-hybridized carbons (Fsp3) is 0.562. The van der Waals surface area contributed by atoms with Crippen molar-refractivity contribution in [3.8, 4) is 0 Å². The van der Waals surface area contributed by atoms with Crippen molar-refractivity contribution in [3.63, 3.8) is 0 Å². The zero-order chi connectivity index (χ0) is 13.8. The molecule has 1 aliphatic rings. The number of amides is 1. The number of nitrogens with zero attached hydrogens (tertiary/aromatic N) is 2. The molecule has 0 N–H and O–H groups in total. The van der Waals surface area contributed by atoms with Crippen LogP contribution in [0.3, 0.4) is 0 Å². The molecule has 1 aromatic rings. The van der Waals surface area contributed by atoms with Gasteiger partial charge in [0.2, 0.25) is 6.41 Å². The van der Waals surface area contributed by atoms with Gasteiger partial charge in [0.1, 0.15) is 0 Å². The average Bonchev–Trinajstić information content (AvgIpc) is 2.44. The summed E-state index contributed by atoms with van der Waals surface area (Å²) in [6, 6.07) is 6.70. The van der Waals surface area contributed by atoms with Gasteiger partial charge >= 0.3 is 0 Å². The number of rotatable bonds is 5. The fourth-order valence-electron chi connectivity index (χ4n) is 2.93. The van der Waals surface area contributed by atoms with Gasteiger partial charge in [-0.3, -0.25) is 4.79 Å². The smallest absolute Gasteiger partial charge is 0.214 e. The van der Waals surface area contributed by atoms with E-state index in [2.05, 4.69) is 43.9 Å². The van der Waals surface area contributed by atoms with Crippen molar-refractivity contribution in [2.45, 2.75) is 39.7 Å². The average molecular weight is 260 g/mol. The van der Waals surface area contributed by atoms with Gasteiger partial charge in [-0.2, -0.15) is 0 Å². The molecular weight excluding hydrogens is 236 g/mol. The van der Waals surface area contributed by atoms with Gasteiger partial charge in [0, 0.05) is 18.3 Å². The minimum atomic E-state index is 0.313. The van der Waals surface area contributed by atoms with Crippen LogP contribution in [0.25, 0.3) is 0 Å². The predicted molar refractivity (Wildman–Crippen MR) is 79.6 cm³/mol. The Morgan fingerprint density at radius 2 is 2.11 bits per heavy atom. The number of aryl methyl sites for hydroxylation is 2. The maximum Gasteiger partial charge on any atom is 0.214 e. The van der Waals surface area contributed by atoms with Crippen molar-refractivity contribution in [2.75, 3.05) is 24.5 Å². The highest BCUT2D eigenvalue weighted by Crippen LogP contribution is 2.30. The molecule has 1 aromatic carbocycles. The van der Waals surface area contributed by atoms with Crippen LogP contribution >= 0.6 is 0 Å². The molecule has 0 spiro atoms. The van der Waals surface area contributed by atoms with Gasteiger partial charge in [0.15, 0.2) is 0 Å². The van der Waals surface area contributed by atoms with Crippen LogP contribution in [-0.2, 0) is 11.2 Å². The second-order valence-corrected chi connectivity index (χ2v) is 5.32. The number of hydrogen-bond acceptors (Lipinski definition) is 2. The predicted octanol–water partition coefficient (Wildman–Crippen LogP) is 2.61. The third-order valence-corrected chi connectivity index (χ3v) is 4.13. The summed E-state index contributed by atoms with van der Waals surface area (Å²) in [6.07, 6.45) is 3.14. The van der Waals surface area contributed by atoms with Crippen molar-refractivity contribution in [2.24, 2.45) is 0 Å². The molecule has 1 aliphatic heterocycles. The molecule has 1 atom stereocenters. The number of carbonyl (C=O) groups excluding carboxylic acids is 1. The van der Waals surface area contributed by atoms with Crippen molar-refractivity contribution in [1.29, 1.82) is 0 Å². The molecule has 3 heteroatoms. The largest absolute Gasteiger partial charge is 0.310 e. The van der Waals surface area contributed by atoms with E-state index in [1.165, 1.54) is 11.1 Å². The Hall–Kier alpha value is -1.35. The molecule has 1 amide bonds. The summed E-state index contributed by atoms with van der Waals surface area (Å²) in [6.45, 7) is 9.51. The van der Waals surface area contributed by atoms with Gasteiger partial charge in [0.25, 0.3) is 0 Å². The first-order chi connectivity index (χ1) is 9.19. The Balaban J connectivity index is 2.21. The van der Waals surface area contributed by atoms with E-state index in [1.807, 2.05) is 4.90 Å². The second-order valence-electron chi connectivity index (χ2n) is 5.32. The van der Waals surface area contributed by atoms with Crippen LogP contribution in [0.15, 0.2) is 18.2 Å². The Morgan fingerprint density at radius 1 is 1.37 bits per heavy atom. The number of benzene rings is 1. The van der Waals surface area contributed by atoms with Crippen LogP contribution in [0.5, 0.6) is 0 Å². The minimum absolute atomic E-state index is 0.313. The fourth-order valence-corrected chi connectivity index (χ4v) is 2.93. The molecule has 0 bridgehead atoms. The summed E-state index contributed by atoms with van der Waals surface area (Å²) in [5.74, 6) is 0. The van der Waals surface area contributed by atoms with Crippen LogP contribution in [0.4, 0.5) is 5.69 Å². The Labute approximate surface area is 116 Å². The summed E-state index contributed by atoms with van der Waals surface area (Å²) in [5, 5.41) is 0.